The highest BCUT2D eigenvalue weighted by atomic mass is 127. The number of aliphatic imine (C=N–C) groups is 1. The van der Waals surface area contributed by atoms with Crippen LogP contribution in [-0.2, 0) is 11.3 Å². The average molecular weight is 565 g/mol. The van der Waals surface area contributed by atoms with Crippen LogP contribution in [0.4, 0.5) is 11.8 Å². The molecule has 2 aliphatic rings. The van der Waals surface area contributed by atoms with Crippen LogP contribution in [0.1, 0.15) is 18.4 Å². The summed E-state index contributed by atoms with van der Waals surface area (Å²) in [6.07, 6.45) is 6.92. The summed E-state index contributed by atoms with van der Waals surface area (Å²) in [7, 11) is 1.81. The van der Waals surface area contributed by atoms with Crippen molar-refractivity contribution in [1.29, 1.82) is 0 Å². The van der Waals surface area contributed by atoms with Crippen LogP contribution in [0.2, 0.25) is 0 Å². The highest BCUT2D eigenvalue weighted by Crippen LogP contribution is 2.24. The third kappa shape index (κ3) is 6.21. The molecule has 0 spiro atoms. The van der Waals surface area contributed by atoms with Gasteiger partial charge in [0.15, 0.2) is 5.96 Å². The first kappa shape index (κ1) is 24.9. The topological polar surface area (TPSA) is 116 Å². The van der Waals surface area contributed by atoms with Crippen LogP contribution in [-0.4, -0.2) is 78.0 Å². The molecular formula is C22H32IN9O. The Balaban J connectivity index is 0.00000306. The maximum absolute atomic E-state index is 11.5. The van der Waals surface area contributed by atoms with Gasteiger partial charge in [-0.3, -0.25) is 9.79 Å². The molecule has 0 unspecified atom stereocenters. The van der Waals surface area contributed by atoms with Crippen LogP contribution in [0.25, 0.3) is 0 Å². The van der Waals surface area contributed by atoms with Crippen LogP contribution in [0.3, 0.4) is 0 Å². The number of nitrogens with zero attached hydrogens (tertiary/aromatic N) is 7. The Labute approximate surface area is 211 Å². The number of primary amides is 1. The van der Waals surface area contributed by atoms with Crippen molar-refractivity contribution in [2.24, 2.45) is 16.6 Å². The molecule has 0 aliphatic carbocycles. The van der Waals surface area contributed by atoms with E-state index in [1.165, 1.54) is 0 Å². The molecule has 1 amide bonds. The number of carbonyl (C=O) groups is 1. The summed E-state index contributed by atoms with van der Waals surface area (Å²) in [6.45, 7) is 5.59. The highest BCUT2D eigenvalue weighted by molar-refractivity contribution is 14.0. The van der Waals surface area contributed by atoms with Crippen molar-refractivity contribution >= 4 is 47.6 Å². The van der Waals surface area contributed by atoms with E-state index in [4.69, 9.17) is 5.73 Å². The quantitative estimate of drug-likeness (QED) is 0.315. The first-order valence-corrected chi connectivity index (χ1v) is 11.1. The number of guanidine groups is 1. The molecule has 0 aromatic carbocycles. The lowest BCUT2D eigenvalue weighted by molar-refractivity contribution is -0.122. The summed E-state index contributed by atoms with van der Waals surface area (Å²) in [4.78, 5) is 36.0. The molecule has 33 heavy (non-hydrogen) atoms. The zero-order valence-electron chi connectivity index (χ0n) is 18.9. The van der Waals surface area contributed by atoms with Crippen molar-refractivity contribution < 1.29 is 4.79 Å². The maximum Gasteiger partial charge on any atom is 0.225 e. The van der Waals surface area contributed by atoms with E-state index >= 15 is 0 Å². The number of aromatic nitrogens is 3. The lowest BCUT2D eigenvalue weighted by atomic mass is 9.96. The van der Waals surface area contributed by atoms with Crippen LogP contribution < -0.4 is 20.9 Å². The van der Waals surface area contributed by atoms with E-state index in [1.807, 2.05) is 25.4 Å². The lowest BCUT2D eigenvalue weighted by Crippen LogP contribution is -2.52. The molecule has 2 aliphatic heterocycles. The number of rotatable bonds is 5. The predicted molar refractivity (Wildman–Crippen MR) is 140 cm³/mol. The fraction of sp³-hybridized carbons (Fsp3) is 0.500. The number of nitrogens with one attached hydrogen (secondary N) is 1. The number of nitrogens with two attached hydrogens (primary N) is 1. The minimum atomic E-state index is -0.199. The van der Waals surface area contributed by atoms with Gasteiger partial charge in [-0.1, -0.05) is 6.07 Å². The van der Waals surface area contributed by atoms with Crippen LogP contribution in [0.15, 0.2) is 41.8 Å². The molecule has 2 aromatic rings. The molecule has 10 nitrogen and oxygen atoms in total. The maximum atomic E-state index is 11.5. The second-order valence-corrected chi connectivity index (χ2v) is 8.07. The molecular weight excluding hydrogens is 533 g/mol. The first-order chi connectivity index (χ1) is 15.7. The largest absolute Gasteiger partial charge is 0.369 e. The van der Waals surface area contributed by atoms with Gasteiger partial charge in [-0.15, -0.1) is 24.0 Å². The third-order valence-electron chi connectivity index (χ3n) is 6.13. The highest BCUT2D eigenvalue weighted by Gasteiger charge is 2.25. The fourth-order valence-corrected chi connectivity index (χ4v) is 4.31. The monoisotopic (exact) mass is 565 g/mol. The van der Waals surface area contributed by atoms with E-state index in [9.17, 15) is 4.79 Å². The second kappa shape index (κ2) is 12.0. The van der Waals surface area contributed by atoms with Gasteiger partial charge >= 0.3 is 0 Å². The number of halogens is 1. The number of hydrogen-bond donors (Lipinski definition) is 2. The average Bonchev–Trinajstić information content (AvgIpc) is 2.86. The molecule has 0 bridgehead atoms. The molecule has 178 valence electrons. The predicted octanol–water partition coefficient (Wildman–Crippen LogP) is 1.09. The van der Waals surface area contributed by atoms with Gasteiger partial charge < -0.3 is 25.8 Å². The number of anilines is 2. The van der Waals surface area contributed by atoms with Gasteiger partial charge in [0, 0.05) is 82.9 Å². The molecule has 0 saturated carbocycles. The molecule has 2 aromatic heterocycles. The number of piperazine rings is 1. The summed E-state index contributed by atoms with van der Waals surface area (Å²) < 4.78 is 0. The number of piperidine rings is 1. The van der Waals surface area contributed by atoms with Gasteiger partial charge in [-0.2, -0.15) is 0 Å². The number of carbonyl (C=O) groups excluding carboxylic acids is 1. The summed E-state index contributed by atoms with van der Waals surface area (Å²) in [5.74, 6) is 2.38. The van der Waals surface area contributed by atoms with Crippen molar-refractivity contribution in [2.75, 3.05) is 56.1 Å². The standard InChI is InChI=1S/C22H31N9O.HI/c1-24-21(30-12-14-31(15-13-30)22-26-8-3-9-27-22)28-16-18-4-2-7-25-20(18)29-10-5-17(6-11-29)19(23)32;/h2-4,7-9,17H,5-6,10-16H2,1H3,(H2,23,32)(H,24,28);1H. The molecule has 4 rings (SSSR count). The number of pyridine rings is 1. The molecule has 0 atom stereocenters. The van der Waals surface area contributed by atoms with Gasteiger partial charge in [0.1, 0.15) is 5.82 Å². The molecule has 4 heterocycles. The summed E-state index contributed by atoms with van der Waals surface area (Å²) in [6, 6.07) is 5.88. The van der Waals surface area contributed by atoms with Gasteiger partial charge in [-0.25, -0.2) is 15.0 Å². The first-order valence-electron chi connectivity index (χ1n) is 11.1. The minimum Gasteiger partial charge on any atom is -0.369 e. The smallest absolute Gasteiger partial charge is 0.225 e. The molecule has 0 radical (unpaired) electrons. The van der Waals surface area contributed by atoms with E-state index in [-0.39, 0.29) is 35.8 Å². The Morgan fingerprint density at radius 3 is 2.33 bits per heavy atom. The van der Waals surface area contributed by atoms with Gasteiger partial charge in [0.05, 0.1) is 0 Å². The van der Waals surface area contributed by atoms with Crippen molar-refractivity contribution in [3.05, 3.63) is 42.4 Å². The molecule has 2 saturated heterocycles. The second-order valence-electron chi connectivity index (χ2n) is 8.07. The SMILES string of the molecule is CN=C(NCc1cccnc1N1CCC(C(N)=O)CC1)N1CCN(c2ncccn2)CC1.I. The summed E-state index contributed by atoms with van der Waals surface area (Å²) in [5.41, 5.74) is 6.59. The Morgan fingerprint density at radius 1 is 1.03 bits per heavy atom. The Kier molecular flexibility index (Phi) is 9.03. The number of amides is 1. The Bertz CT molecular complexity index is 926. The molecule has 11 heteroatoms. The zero-order chi connectivity index (χ0) is 22.3. The van der Waals surface area contributed by atoms with E-state index in [2.05, 4.69) is 46.0 Å². The van der Waals surface area contributed by atoms with Crippen LogP contribution in [0, 0.1) is 5.92 Å². The Morgan fingerprint density at radius 2 is 1.70 bits per heavy atom. The number of hydrogen-bond acceptors (Lipinski definition) is 7. The van der Waals surface area contributed by atoms with E-state index in [1.54, 1.807) is 12.4 Å². The van der Waals surface area contributed by atoms with Crippen LogP contribution in [0.5, 0.6) is 0 Å². The van der Waals surface area contributed by atoms with Crippen molar-refractivity contribution in [3.63, 3.8) is 0 Å². The summed E-state index contributed by atoms with van der Waals surface area (Å²) >= 11 is 0. The van der Waals surface area contributed by atoms with Crippen molar-refractivity contribution in [1.82, 2.24) is 25.2 Å². The Hall–Kier alpha value is -2.70. The summed E-state index contributed by atoms with van der Waals surface area (Å²) in [5, 5.41) is 3.50. The van der Waals surface area contributed by atoms with Crippen molar-refractivity contribution in [3.8, 4) is 0 Å². The lowest BCUT2D eigenvalue weighted by Gasteiger charge is -2.36. The van der Waals surface area contributed by atoms with E-state index in [0.717, 1.165) is 75.4 Å². The molecule has 3 N–H and O–H groups in total. The van der Waals surface area contributed by atoms with E-state index < -0.39 is 0 Å². The van der Waals surface area contributed by atoms with Gasteiger partial charge in [-0.05, 0) is 25.0 Å². The van der Waals surface area contributed by atoms with Gasteiger partial charge in [0.25, 0.3) is 0 Å². The van der Waals surface area contributed by atoms with Crippen molar-refractivity contribution in [2.45, 2.75) is 19.4 Å². The normalized spacial score (nSPS) is 17.5. The zero-order valence-corrected chi connectivity index (χ0v) is 21.3. The third-order valence-corrected chi connectivity index (χ3v) is 6.13. The van der Waals surface area contributed by atoms with Gasteiger partial charge in [0.2, 0.25) is 11.9 Å². The van der Waals surface area contributed by atoms with E-state index in [0.29, 0.717) is 6.54 Å². The molecule has 2 fully saturated rings. The fourth-order valence-electron chi connectivity index (χ4n) is 4.31. The minimum absolute atomic E-state index is 0. The van der Waals surface area contributed by atoms with Crippen LogP contribution >= 0.6 is 24.0 Å².